The maximum Gasteiger partial charge on any atom is 0.233 e. The van der Waals surface area contributed by atoms with Gasteiger partial charge in [-0.15, -0.1) is 0 Å². The lowest BCUT2D eigenvalue weighted by Crippen LogP contribution is -2.31. The topological polar surface area (TPSA) is 37.4 Å². The maximum absolute atomic E-state index is 12.0. The van der Waals surface area contributed by atoms with Gasteiger partial charge in [-0.05, 0) is 19.3 Å². The molecule has 16 heavy (non-hydrogen) atoms. The van der Waals surface area contributed by atoms with Gasteiger partial charge in [0.2, 0.25) is 11.8 Å². The Hall–Kier alpha value is -0.830. The molecule has 2 rings (SSSR count). The Kier molecular flexibility index (Phi) is 3.33. The molecule has 1 aliphatic carbocycles. The average Bonchev–Trinajstić information content (AvgIpc) is 2.50. The molecule has 2 amide bonds. The first-order valence-electron chi connectivity index (χ1n) is 5.85. The van der Waals surface area contributed by atoms with Crippen LogP contribution in [0.4, 0.5) is 0 Å². The lowest BCUT2D eigenvalue weighted by atomic mass is 9.85. The highest BCUT2D eigenvalue weighted by Gasteiger charge is 2.47. The van der Waals surface area contributed by atoms with Crippen LogP contribution in [0.15, 0.2) is 11.1 Å². The number of rotatable bonds is 3. The predicted molar refractivity (Wildman–Crippen MR) is 61.8 cm³/mol. The van der Waals surface area contributed by atoms with Crippen LogP contribution in [0.2, 0.25) is 0 Å². The van der Waals surface area contributed by atoms with Gasteiger partial charge in [-0.2, -0.15) is 0 Å². The number of nitrogens with zero attached hydrogens (tertiary/aromatic N) is 1. The molecule has 1 heterocycles. The molecule has 2 atom stereocenters. The van der Waals surface area contributed by atoms with E-state index in [9.17, 15) is 9.59 Å². The molecule has 0 bridgehead atoms. The van der Waals surface area contributed by atoms with Crippen molar-refractivity contribution in [2.24, 2.45) is 11.8 Å². The van der Waals surface area contributed by atoms with Crippen LogP contribution in [-0.2, 0) is 9.59 Å². The lowest BCUT2D eigenvalue weighted by Gasteiger charge is -2.17. The number of halogens is 1. The second-order valence-corrected chi connectivity index (χ2v) is 4.97. The third-order valence-corrected chi connectivity index (χ3v) is 3.70. The number of fused-ring (bicyclic) bond motifs is 1. The molecule has 1 aliphatic heterocycles. The molecular formula is C12H16ClNO2. The predicted octanol–water partition coefficient (Wildman–Crippen LogP) is 2.30. The van der Waals surface area contributed by atoms with E-state index in [4.69, 9.17) is 11.6 Å². The molecule has 2 unspecified atom stereocenters. The van der Waals surface area contributed by atoms with Crippen molar-refractivity contribution in [3.05, 3.63) is 11.1 Å². The molecule has 1 fully saturated rings. The molecule has 0 aromatic rings. The fourth-order valence-electron chi connectivity index (χ4n) is 2.43. The molecule has 4 heteroatoms. The average molecular weight is 242 g/mol. The van der Waals surface area contributed by atoms with Gasteiger partial charge >= 0.3 is 0 Å². The highest BCUT2D eigenvalue weighted by atomic mass is 35.5. The molecule has 0 aromatic heterocycles. The van der Waals surface area contributed by atoms with Gasteiger partial charge in [0.1, 0.15) is 0 Å². The number of hydrogen-bond donors (Lipinski definition) is 0. The van der Waals surface area contributed by atoms with Gasteiger partial charge in [0.15, 0.2) is 0 Å². The van der Waals surface area contributed by atoms with Crippen LogP contribution < -0.4 is 0 Å². The lowest BCUT2D eigenvalue weighted by molar-refractivity contribution is -0.139. The molecule has 88 valence electrons. The number of hydrogen-bond acceptors (Lipinski definition) is 2. The number of carbonyl (C=O) groups is 2. The number of unbranched alkanes of at least 4 members (excludes halogenated alkanes) is 1. The largest absolute Gasteiger partial charge is 0.282 e. The SMILES string of the molecule is CCCCN1C(=O)C2CC=C(Cl)CC2C1=O. The molecular weight excluding hydrogens is 226 g/mol. The summed E-state index contributed by atoms with van der Waals surface area (Å²) in [6.07, 6.45) is 4.91. The monoisotopic (exact) mass is 241 g/mol. The summed E-state index contributed by atoms with van der Waals surface area (Å²) in [4.78, 5) is 25.4. The van der Waals surface area contributed by atoms with Crippen molar-refractivity contribution >= 4 is 23.4 Å². The van der Waals surface area contributed by atoms with E-state index in [1.807, 2.05) is 6.08 Å². The summed E-state index contributed by atoms with van der Waals surface area (Å²) in [5.74, 6) is -0.354. The van der Waals surface area contributed by atoms with E-state index in [0.717, 1.165) is 17.9 Å². The van der Waals surface area contributed by atoms with Gasteiger partial charge in [-0.3, -0.25) is 14.5 Å². The number of imide groups is 1. The third-order valence-electron chi connectivity index (χ3n) is 3.40. The first-order chi connectivity index (χ1) is 7.65. The van der Waals surface area contributed by atoms with E-state index in [1.54, 1.807) is 0 Å². The van der Waals surface area contributed by atoms with Crippen molar-refractivity contribution in [3.8, 4) is 0 Å². The van der Waals surface area contributed by atoms with Crippen LogP contribution in [-0.4, -0.2) is 23.3 Å². The van der Waals surface area contributed by atoms with E-state index in [-0.39, 0.29) is 23.7 Å². The van der Waals surface area contributed by atoms with E-state index in [1.165, 1.54) is 4.90 Å². The van der Waals surface area contributed by atoms with E-state index in [2.05, 4.69) is 6.92 Å². The second kappa shape index (κ2) is 4.58. The molecule has 0 spiro atoms. The quantitative estimate of drug-likeness (QED) is 0.711. The first kappa shape index (κ1) is 11.6. The molecule has 0 radical (unpaired) electrons. The minimum atomic E-state index is -0.193. The zero-order valence-electron chi connectivity index (χ0n) is 9.41. The minimum Gasteiger partial charge on any atom is -0.282 e. The van der Waals surface area contributed by atoms with Crippen molar-refractivity contribution in [1.82, 2.24) is 4.90 Å². The number of allylic oxidation sites excluding steroid dienone is 2. The highest BCUT2D eigenvalue weighted by Crippen LogP contribution is 2.38. The van der Waals surface area contributed by atoms with Crippen LogP contribution in [0.3, 0.4) is 0 Å². The highest BCUT2D eigenvalue weighted by molar-refractivity contribution is 6.30. The van der Waals surface area contributed by atoms with Crippen molar-refractivity contribution < 1.29 is 9.59 Å². The van der Waals surface area contributed by atoms with E-state index in [0.29, 0.717) is 19.4 Å². The second-order valence-electron chi connectivity index (χ2n) is 4.49. The van der Waals surface area contributed by atoms with E-state index < -0.39 is 0 Å². The summed E-state index contributed by atoms with van der Waals surface area (Å²) in [6, 6.07) is 0. The van der Waals surface area contributed by atoms with Crippen LogP contribution in [0, 0.1) is 11.8 Å². The molecule has 0 aromatic carbocycles. The van der Waals surface area contributed by atoms with Crippen LogP contribution in [0.25, 0.3) is 0 Å². The Morgan fingerprint density at radius 1 is 1.38 bits per heavy atom. The maximum atomic E-state index is 12.0. The first-order valence-corrected chi connectivity index (χ1v) is 6.22. The zero-order chi connectivity index (χ0) is 11.7. The van der Waals surface area contributed by atoms with Crippen LogP contribution in [0.1, 0.15) is 32.6 Å². The van der Waals surface area contributed by atoms with Crippen LogP contribution in [0.5, 0.6) is 0 Å². The molecule has 0 saturated carbocycles. The fraction of sp³-hybridized carbons (Fsp3) is 0.667. The van der Waals surface area contributed by atoms with Crippen molar-refractivity contribution in [1.29, 1.82) is 0 Å². The smallest absolute Gasteiger partial charge is 0.233 e. The summed E-state index contributed by atoms with van der Waals surface area (Å²) in [5.41, 5.74) is 0. The Bertz CT molecular complexity index is 351. The normalized spacial score (nSPS) is 29.4. The van der Waals surface area contributed by atoms with Crippen molar-refractivity contribution in [2.45, 2.75) is 32.6 Å². The van der Waals surface area contributed by atoms with E-state index >= 15 is 0 Å². The summed E-state index contributed by atoms with van der Waals surface area (Å²) in [5, 5.41) is 0.722. The van der Waals surface area contributed by atoms with Gasteiger partial charge in [0.25, 0.3) is 0 Å². The van der Waals surface area contributed by atoms with Crippen molar-refractivity contribution in [2.75, 3.05) is 6.54 Å². The molecule has 1 saturated heterocycles. The van der Waals surface area contributed by atoms with Gasteiger partial charge < -0.3 is 0 Å². The van der Waals surface area contributed by atoms with Gasteiger partial charge in [0.05, 0.1) is 11.8 Å². The number of likely N-dealkylation sites (tertiary alicyclic amines) is 1. The minimum absolute atomic E-state index is 0.00358. The summed E-state index contributed by atoms with van der Waals surface area (Å²) >= 11 is 5.93. The molecule has 3 nitrogen and oxygen atoms in total. The Morgan fingerprint density at radius 3 is 2.75 bits per heavy atom. The Morgan fingerprint density at radius 2 is 2.06 bits per heavy atom. The summed E-state index contributed by atoms with van der Waals surface area (Å²) < 4.78 is 0. The zero-order valence-corrected chi connectivity index (χ0v) is 10.2. The standard InChI is InChI=1S/C12H16ClNO2/c1-2-3-6-14-11(15)9-5-4-8(13)7-10(9)12(14)16/h4,9-10H,2-3,5-7H2,1H3. The van der Waals surface area contributed by atoms with Gasteiger partial charge in [0, 0.05) is 11.6 Å². The van der Waals surface area contributed by atoms with Gasteiger partial charge in [-0.1, -0.05) is 31.0 Å². The molecule has 2 aliphatic rings. The summed E-state index contributed by atoms with van der Waals surface area (Å²) in [7, 11) is 0. The number of carbonyl (C=O) groups excluding carboxylic acids is 2. The third kappa shape index (κ3) is 1.88. The Balaban J connectivity index is 2.12. The van der Waals surface area contributed by atoms with Crippen molar-refractivity contribution in [3.63, 3.8) is 0 Å². The number of amides is 2. The van der Waals surface area contributed by atoms with Gasteiger partial charge in [-0.25, -0.2) is 0 Å². The Labute approximate surface area is 100 Å². The van der Waals surface area contributed by atoms with Crippen LogP contribution >= 0.6 is 11.6 Å². The molecule has 0 N–H and O–H groups in total. The fourth-order valence-corrected chi connectivity index (χ4v) is 2.69. The summed E-state index contributed by atoms with van der Waals surface area (Å²) in [6.45, 7) is 2.62.